The van der Waals surface area contributed by atoms with Gasteiger partial charge < -0.3 is 9.80 Å². The van der Waals surface area contributed by atoms with Crippen LogP contribution in [0, 0.1) is 0 Å². The highest BCUT2D eigenvalue weighted by Crippen LogP contribution is 2.66. The van der Waals surface area contributed by atoms with Crippen LogP contribution < -0.4 is 9.80 Å². The van der Waals surface area contributed by atoms with Gasteiger partial charge in [-0.2, -0.15) is 0 Å². The molecule has 0 saturated heterocycles. The van der Waals surface area contributed by atoms with Crippen molar-refractivity contribution in [1.29, 1.82) is 0 Å². The predicted molar refractivity (Wildman–Crippen MR) is 381 cm³/mol. The molecule has 0 N–H and O–H groups in total. The molecular weight excluding hydrogens is 1110 g/mol. The zero-order chi connectivity index (χ0) is 58.3. The first-order chi connectivity index (χ1) is 44.1. The Morgan fingerprint density at radius 3 is 1.21 bits per heavy atom. The highest BCUT2D eigenvalue weighted by atomic mass is 32.1. The maximum Gasteiger partial charge on any atom is 0.0737 e. The Bertz CT molecular complexity index is 5450. The van der Waals surface area contributed by atoms with Gasteiger partial charge in [0.1, 0.15) is 0 Å². The van der Waals surface area contributed by atoms with Gasteiger partial charge in [0, 0.05) is 53.7 Å². The van der Waals surface area contributed by atoms with E-state index >= 15 is 0 Å². The molecule has 1 spiro atoms. The SMILES string of the molecule is c1ccc(N(c2ccc(-c3ccc4c5c(ccc4c3)-c3ccc4cc(-c6ccc(N(c7ccccc7)c7cccc8c7sc7ccccc78)cc6)ccc4c3C53c4ccccc4-c4c3ccc3ccccc43)cc2)c2cccc3c2sc2ccccc23)cc1. The molecule has 4 heteroatoms. The van der Waals surface area contributed by atoms with Gasteiger partial charge in [0.25, 0.3) is 0 Å². The molecule has 0 fully saturated rings. The molecule has 89 heavy (non-hydrogen) atoms. The van der Waals surface area contributed by atoms with Gasteiger partial charge in [0.15, 0.2) is 0 Å². The molecule has 15 aromatic carbocycles. The third kappa shape index (κ3) is 7.42. The van der Waals surface area contributed by atoms with Crippen LogP contribution in [-0.2, 0) is 5.41 Å². The first-order valence-corrected chi connectivity index (χ1v) is 32.3. The molecule has 0 amide bonds. The minimum atomic E-state index is -0.595. The average Bonchev–Trinajstić information content (AvgIpc) is 1.50. The second-order valence-corrected chi connectivity index (χ2v) is 25.9. The van der Waals surface area contributed by atoms with E-state index in [1.54, 1.807) is 0 Å². The lowest BCUT2D eigenvalue weighted by Crippen LogP contribution is -2.26. The van der Waals surface area contributed by atoms with Crippen molar-refractivity contribution in [3.63, 3.8) is 0 Å². The number of benzene rings is 15. The molecule has 0 aliphatic heterocycles. The minimum Gasteiger partial charge on any atom is -0.309 e. The second-order valence-electron chi connectivity index (χ2n) is 23.8. The quantitative estimate of drug-likeness (QED) is 0.150. The summed E-state index contributed by atoms with van der Waals surface area (Å²) in [6, 6.07) is 118. The van der Waals surface area contributed by atoms with Crippen LogP contribution >= 0.6 is 22.7 Å². The number of rotatable bonds is 8. The third-order valence-electron chi connectivity index (χ3n) is 19.2. The maximum absolute atomic E-state index is 2.46. The Kier molecular flexibility index (Phi) is 11.1. The average molecular weight is 1170 g/mol. The Balaban J connectivity index is 0.741. The summed E-state index contributed by atoms with van der Waals surface area (Å²) in [6.45, 7) is 0. The molecule has 2 nitrogen and oxygen atoms in total. The molecule has 414 valence electrons. The monoisotopic (exact) mass is 1160 g/mol. The predicted octanol–water partition coefficient (Wildman–Crippen LogP) is 24.5. The summed E-state index contributed by atoms with van der Waals surface area (Å²) in [4.78, 5) is 4.83. The summed E-state index contributed by atoms with van der Waals surface area (Å²) < 4.78 is 5.17. The zero-order valence-electron chi connectivity index (χ0n) is 48.2. The van der Waals surface area contributed by atoms with Gasteiger partial charge >= 0.3 is 0 Å². The van der Waals surface area contributed by atoms with Crippen molar-refractivity contribution < 1.29 is 0 Å². The van der Waals surface area contributed by atoms with E-state index in [4.69, 9.17) is 0 Å². The smallest absolute Gasteiger partial charge is 0.0737 e. The number of hydrogen-bond acceptors (Lipinski definition) is 4. The summed E-state index contributed by atoms with van der Waals surface area (Å²) in [5, 5.41) is 12.7. The van der Waals surface area contributed by atoms with E-state index in [1.165, 1.54) is 151 Å². The number of para-hydroxylation sites is 2. The van der Waals surface area contributed by atoms with Crippen LogP contribution in [0.3, 0.4) is 0 Å². The van der Waals surface area contributed by atoms with E-state index in [0.29, 0.717) is 0 Å². The van der Waals surface area contributed by atoms with E-state index in [9.17, 15) is 0 Å². The van der Waals surface area contributed by atoms with Crippen molar-refractivity contribution in [2.24, 2.45) is 0 Å². The molecule has 2 aromatic heterocycles. The molecule has 2 heterocycles. The standard InChI is InChI=1S/C85H52N2S2/c1-3-18-60(19-4-1)86(76-29-15-26-71-67-23-10-13-31-78(67)88-83(71)76)62-42-33-53(34-43-62)56-37-46-65-58(51-56)39-48-69-70-49-40-59-52-57(38-47-66(59)82(70)85(81(65)69)74-28-12-9-25-73(74)80-64-22-8-7-17-55(64)41-50-75(80)85)54-35-44-63(45-36-54)87(61-20-5-2-6-21-61)77-30-16-27-72-68-24-11-14-32-79(68)89-84(72)77/h1-52H. The Morgan fingerprint density at radius 1 is 0.247 bits per heavy atom. The highest BCUT2D eigenvalue weighted by molar-refractivity contribution is 7.26. The van der Waals surface area contributed by atoms with Crippen molar-refractivity contribution in [1.82, 2.24) is 0 Å². The number of fused-ring (bicyclic) bond motifs is 22. The van der Waals surface area contributed by atoms with Crippen LogP contribution in [0.4, 0.5) is 34.1 Å². The Labute approximate surface area is 523 Å². The molecule has 0 atom stereocenters. The lowest BCUT2D eigenvalue weighted by atomic mass is 9.68. The summed E-state index contributed by atoms with van der Waals surface area (Å²) in [7, 11) is 0. The van der Waals surface area contributed by atoms with Crippen LogP contribution in [0.5, 0.6) is 0 Å². The van der Waals surface area contributed by atoms with E-state index in [2.05, 4.69) is 325 Å². The molecule has 0 unspecified atom stereocenters. The van der Waals surface area contributed by atoms with Crippen LogP contribution in [0.1, 0.15) is 22.3 Å². The van der Waals surface area contributed by atoms with Crippen LogP contribution in [-0.4, -0.2) is 0 Å². The highest BCUT2D eigenvalue weighted by Gasteiger charge is 2.53. The minimum absolute atomic E-state index is 0.595. The molecule has 2 aliphatic rings. The third-order valence-corrected chi connectivity index (χ3v) is 21.6. The van der Waals surface area contributed by atoms with E-state index in [1.807, 2.05) is 22.7 Å². The largest absolute Gasteiger partial charge is 0.309 e. The summed E-state index contributed by atoms with van der Waals surface area (Å²) >= 11 is 3.74. The van der Waals surface area contributed by atoms with Crippen molar-refractivity contribution in [2.75, 3.05) is 9.80 Å². The van der Waals surface area contributed by atoms with Crippen LogP contribution in [0.15, 0.2) is 315 Å². The van der Waals surface area contributed by atoms with Gasteiger partial charge in [-0.15, -0.1) is 22.7 Å². The number of thiophene rings is 2. The van der Waals surface area contributed by atoms with Gasteiger partial charge in [-0.3, -0.25) is 0 Å². The van der Waals surface area contributed by atoms with E-state index < -0.39 is 5.41 Å². The first-order valence-electron chi connectivity index (χ1n) is 30.6. The van der Waals surface area contributed by atoms with Gasteiger partial charge in [-0.1, -0.05) is 231 Å². The summed E-state index contributed by atoms with van der Waals surface area (Å²) in [6.07, 6.45) is 0. The van der Waals surface area contributed by atoms with Gasteiger partial charge in [0.2, 0.25) is 0 Å². The van der Waals surface area contributed by atoms with Crippen molar-refractivity contribution >= 4 is 129 Å². The topological polar surface area (TPSA) is 6.48 Å². The number of hydrogen-bond donors (Lipinski definition) is 0. The fraction of sp³-hybridized carbons (Fsp3) is 0.0118. The van der Waals surface area contributed by atoms with Gasteiger partial charge in [-0.25, -0.2) is 0 Å². The fourth-order valence-electron chi connectivity index (χ4n) is 15.4. The lowest BCUT2D eigenvalue weighted by Gasteiger charge is -2.32. The Morgan fingerprint density at radius 2 is 0.674 bits per heavy atom. The molecule has 19 rings (SSSR count). The number of anilines is 6. The summed E-state index contributed by atoms with van der Waals surface area (Å²) in [5.74, 6) is 0. The zero-order valence-corrected chi connectivity index (χ0v) is 49.9. The Hall–Kier alpha value is -10.9. The molecule has 2 aliphatic carbocycles. The van der Waals surface area contributed by atoms with E-state index in [-0.39, 0.29) is 0 Å². The first kappa shape index (κ1) is 50.3. The van der Waals surface area contributed by atoms with Crippen molar-refractivity contribution in [3.05, 3.63) is 338 Å². The van der Waals surface area contributed by atoms with Crippen molar-refractivity contribution in [2.45, 2.75) is 5.41 Å². The molecular formula is C85H52N2S2. The van der Waals surface area contributed by atoms with Crippen LogP contribution in [0.25, 0.3) is 117 Å². The fourth-order valence-corrected chi connectivity index (χ4v) is 17.8. The van der Waals surface area contributed by atoms with Gasteiger partial charge in [0.05, 0.1) is 26.2 Å². The van der Waals surface area contributed by atoms with Crippen LogP contribution in [0.2, 0.25) is 0 Å². The molecule has 0 radical (unpaired) electrons. The summed E-state index contributed by atoms with van der Waals surface area (Å²) in [5.41, 5.74) is 21.7. The maximum atomic E-state index is 2.46. The lowest BCUT2D eigenvalue weighted by molar-refractivity contribution is 0.810. The molecule has 0 bridgehead atoms. The normalized spacial score (nSPS) is 12.8. The molecule has 17 aromatic rings. The number of nitrogens with zero attached hydrogens (tertiary/aromatic N) is 2. The van der Waals surface area contributed by atoms with Gasteiger partial charge in [-0.05, 0) is 184 Å². The second kappa shape index (κ2) is 19.6. The molecule has 0 saturated carbocycles. The van der Waals surface area contributed by atoms with Crippen molar-refractivity contribution in [3.8, 4) is 44.5 Å². The van der Waals surface area contributed by atoms with E-state index in [0.717, 1.165) is 22.7 Å².